The van der Waals surface area contributed by atoms with E-state index in [-0.39, 0.29) is 12.7 Å². The molecule has 0 bridgehead atoms. The first-order chi connectivity index (χ1) is 12.7. The summed E-state index contributed by atoms with van der Waals surface area (Å²) in [5, 5.41) is 10.4. The number of aliphatic hydroxyl groups excluding tert-OH is 1. The molecule has 2 aromatic carbocycles. The Morgan fingerprint density at radius 1 is 1.19 bits per heavy atom. The number of nitrogens with zero attached hydrogens (tertiary/aromatic N) is 1. The first kappa shape index (κ1) is 19.2. The van der Waals surface area contributed by atoms with Gasteiger partial charge in [0.1, 0.15) is 12.7 Å². The Morgan fingerprint density at radius 3 is 2.65 bits per heavy atom. The summed E-state index contributed by atoms with van der Waals surface area (Å²) < 4.78 is 17.9. The summed E-state index contributed by atoms with van der Waals surface area (Å²) in [5.41, 5.74) is 1.15. The number of hydrogen-bond acceptors (Lipinski definition) is 5. The molecule has 1 aliphatic rings. The molecule has 6 heteroatoms. The van der Waals surface area contributed by atoms with Crippen LogP contribution in [0.1, 0.15) is 11.7 Å². The maximum absolute atomic E-state index is 10.4. The SMILES string of the molecule is COc1ccccc1OCC(O)CN1CCOC(c2ccc(Br)cc2)C1. The lowest BCUT2D eigenvalue weighted by Crippen LogP contribution is -2.43. The molecule has 0 saturated carbocycles. The molecule has 2 atom stereocenters. The van der Waals surface area contributed by atoms with Crippen molar-refractivity contribution in [2.45, 2.75) is 12.2 Å². The molecule has 0 amide bonds. The van der Waals surface area contributed by atoms with Crippen LogP contribution in [0.15, 0.2) is 53.0 Å². The molecule has 140 valence electrons. The normalized spacial score (nSPS) is 19.1. The highest BCUT2D eigenvalue weighted by molar-refractivity contribution is 9.10. The Balaban J connectivity index is 1.50. The van der Waals surface area contributed by atoms with Gasteiger partial charge < -0.3 is 19.3 Å². The van der Waals surface area contributed by atoms with Gasteiger partial charge in [0.15, 0.2) is 11.5 Å². The number of methoxy groups -OCH3 is 1. The topological polar surface area (TPSA) is 51.2 Å². The fraction of sp³-hybridized carbons (Fsp3) is 0.400. The van der Waals surface area contributed by atoms with Gasteiger partial charge in [-0.05, 0) is 29.8 Å². The Hall–Kier alpha value is -1.60. The van der Waals surface area contributed by atoms with E-state index in [9.17, 15) is 5.11 Å². The minimum absolute atomic E-state index is 0.0270. The summed E-state index contributed by atoms with van der Waals surface area (Å²) in [6.07, 6.45) is -0.553. The highest BCUT2D eigenvalue weighted by Crippen LogP contribution is 2.26. The van der Waals surface area contributed by atoms with E-state index in [1.807, 2.05) is 36.4 Å². The number of aliphatic hydroxyl groups is 1. The molecule has 1 heterocycles. The number of benzene rings is 2. The lowest BCUT2D eigenvalue weighted by atomic mass is 10.1. The van der Waals surface area contributed by atoms with Crippen LogP contribution in [0.4, 0.5) is 0 Å². The summed E-state index contributed by atoms with van der Waals surface area (Å²) in [7, 11) is 1.61. The van der Waals surface area contributed by atoms with Crippen LogP contribution in [0.3, 0.4) is 0 Å². The summed E-state index contributed by atoms with van der Waals surface area (Å²) in [5.74, 6) is 1.31. The molecule has 2 aromatic rings. The molecule has 1 aliphatic heterocycles. The van der Waals surface area contributed by atoms with Gasteiger partial charge in [0.25, 0.3) is 0 Å². The zero-order valence-corrected chi connectivity index (χ0v) is 16.4. The average Bonchev–Trinajstić information content (AvgIpc) is 2.67. The van der Waals surface area contributed by atoms with Crippen LogP contribution in [-0.4, -0.2) is 56.1 Å². The van der Waals surface area contributed by atoms with Crippen LogP contribution in [0, 0.1) is 0 Å². The molecular weight excluding hydrogens is 398 g/mol. The first-order valence-corrected chi connectivity index (χ1v) is 9.48. The molecule has 0 radical (unpaired) electrons. The van der Waals surface area contributed by atoms with Gasteiger partial charge in [-0.25, -0.2) is 0 Å². The third-order valence-electron chi connectivity index (χ3n) is 4.36. The Kier molecular flexibility index (Phi) is 6.91. The van der Waals surface area contributed by atoms with Crippen LogP contribution in [0.5, 0.6) is 11.5 Å². The van der Waals surface area contributed by atoms with Gasteiger partial charge in [0, 0.05) is 24.1 Å². The number of morpholine rings is 1. The number of halogens is 1. The number of hydrogen-bond donors (Lipinski definition) is 1. The standard InChI is InChI=1S/C20H24BrNO4/c1-24-18-4-2-3-5-19(18)26-14-17(23)12-22-10-11-25-20(13-22)15-6-8-16(21)9-7-15/h2-9,17,20,23H,10-14H2,1H3. The molecule has 0 aromatic heterocycles. The minimum atomic E-state index is -0.580. The van der Waals surface area contributed by atoms with Crippen LogP contribution >= 0.6 is 15.9 Å². The molecule has 1 fully saturated rings. The van der Waals surface area contributed by atoms with E-state index < -0.39 is 6.10 Å². The van der Waals surface area contributed by atoms with Crippen molar-refractivity contribution in [3.8, 4) is 11.5 Å². The molecular formula is C20H24BrNO4. The van der Waals surface area contributed by atoms with E-state index >= 15 is 0 Å². The fourth-order valence-corrected chi connectivity index (χ4v) is 3.29. The lowest BCUT2D eigenvalue weighted by molar-refractivity contribution is -0.0460. The Labute approximate surface area is 162 Å². The zero-order chi connectivity index (χ0) is 18.4. The molecule has 0 spiro atoms. The van der Waals surface area contributed by atoms with Crippen LogP contribution in [0.2, 0.25) is 0 Å². The molecule has 26 heavy (non-hydrogen) atoms. The zero-order valence-electron chi connectivity index (χ0n) is 14.8. The second-order valence-electron chi connectivity index (χ2n) is 6.29. The van der Waals surface area contributed by atoms with Crippen LogP contribution in [-0.2, 0) is 4.74 Å². The van der Waals surface area contributed by atoms with Gasteiger partial charge in [0.05, 0.1) is 19.8 Å². The van der Waals surface area contributed by atoms with E-state index in [4.69, 9.17) is 14.2 Å². The summed E-state index contributed by atoms with van der Waals surface area (Å²) in [4.78, 5) is 2.21. The predicted molar refractivity (Wildman–Crippen MR) is 104 cm³/mol. The summed E-state index contributed by atoms with van der Waals surface area (Å²) >= 11 is 3.45. The first-order valence-electron chi connectivity index (χ1n) is 8.69. The monoisotopic (exact) mass is 421 g/mol. The van der Waals surface area contributed by atoms with Crippen molar-refractivity contribution < 1.29 is 19.3 Å². The third-order valence-corrected chi connectivity index (χ3v) is 4.89. The minimum Gasteiger partial charge on any atom is -0.493 e. The van der Waals surface area contributed by atoms with Gasteiger partial charge in [0.2, 0.25) is 0 Å². The molecule has 2 unspecified atom stereocenters. The number of β-amino-alcohol motifs (C(OH)–C–C–N with tert-alkyl or cyclic N) is 1. The molecule has 0 aliphatic carbocycles. The van der Waals surface area contributed by atoms with E-state index in [0.717, 1.165) is 23.1 Å². The van der Waals surface area contributed by atoms with E-state index in [1.54, 1.807) is 7.11 Å². The third kappa shape index (κ3) is 5.20. The molecule has 5 nitrogen and oxygen atoms in total. The predicted octanol–water partition coefficient (Wildman–Crippen LogP) is 3.27. The van der Waals surface area contributed by atoms with Gasteiger partial charge in [-0.15, -0.1) is 0 Å². The number of rotatable bonds is 7. The Morgan fingerprint density at radius 2 is 1.92 bits per heavy atom. The van der Waals surface area contributed by atoms with Crippen molar-refractivity contribution in [2.75, 3.05) is 40.0 Å². The smallest absolute Gasteiger partial charge is 0.161 e. The van der Waals surface area contributed by atoms with Crippen LogP contribution < -0.4 is 9.47 Å². The highest BCUT2D eigenvalue weighted by atomic mass is 79.9. The second-order valence-corrected chi connectivity index (χ2v) is 7.20. The van der Waals surface area contributed by atoms with Gasteiger partial charge in [-0.1, -0.05) is 40.2 Å². The van der Waals surface area contributed by atoms with E-state index in [0.29, 0.717) is 24.7 Å². The van der Waals surface area contributed by atoms with E-state index in [2.05, 4.69) is 33.0 Å². The lowest BCUT2D eigenvalue weighted by Gasteiger charge is -2.34. The van der Waals surface area contributed by atoms with Crippen molar-refractivity contribution >= 4 is 15.9 Å². The average molecular weight is 422 g/mol. The van der Waals surface area contributed by atoms with Crippen molar-refractivity contribution in [1.29, 1.82) is 0 Å². The maximum Gasteiger partial charge on any atom is 0.161 e. The summed E-state index contributed by atoms with van der Waals surface area (Å²) in [6, 6.07) is 15.6. The van der Waals surface area contributed by atoms with Gasteiger partial charge in [-0.3, -0.25) is 4.90 Å². The highest BCUT2D eigenvalue weighted by Gasteiger charge is 2.23. The van der Waals surface area contributed by atoms with Crippen molar-refractivity contribution in [3.05, 3.63) is 58.6 Å². The molecule has 1 N–H and O–H groups in total. The van der Waals surface area contributed by atoms with Crippen LogP contribution in [0.25, 0.3) is 0 Å². The Bertz CT molecular complexity index is 694. The molecule has 3 rings (SSSR count). The summed E-state index contributed by atoms with van der Waals surface area (Å²) in [6.45, 7) is 2.99. The quantitative estimate of drug-likeness (QED) is 0.743. The molecule has 1 saturated heterocycles. The van der Waals surface area contributed by atoms with E-state index in [1.165, 1.54) is 0 Å². The van der Waals surface area contributed by atoms with Crippen molar-refractivity contribution in [3.63, 3.8) is 0 Å². The number of ether oxygens (including phenoxy) is 3. The fourth-order valence-electron chi connectivity index (χ4n) is 3.02. The number of para-hydroxylation sites is 2. The van der Waals surface area contributed by atoms with Crippen molar-refractivity contribution in [1.82, 2.24) is 4.90 Å². The largest absolute Gasteiger partial charge is 0.493 e. The van der Waals surface area contributed by atoms with Gasteiger partial charge in [-0.2, -0.15) is 0 Å². The van der Waals surface area contributed by atoms with Gasteiger partial charge >= 0.3 is 0 Å². The maximum atomic E-state index is 10.4. The second kappa shape index (κ2) is 9.37. The van der Waals surface area contributed by atoms with Crippen molar-refractivity contribution in [2.24, 2.45) is 0 Å².